The first-order valence-corrected chi connectivity index (χ1v) is 4.94. The second-order valence-electron chi connectivity index (χ2n) is 3.40. The summed E-state index contributed by atoms with van der Waals surface area (Å²) in [5, 5.41) is 6.56. The minimum absolute atomic E-state index is 0.462. The van der Waals surface area contributed by atoms with E-state index in [0.717, 1.165) is 6.07 Å². The van der Waals surface area contributed by atoms with Crippen molar-refractivity contribution in [1.82, 2.24) is 10.2 Å². The topological polar surface area (TPSA) is 52.1 Å². The Balaban J connectivity index is 2.43. The summed E-state index contributed by atoms with van der Waals surface area (Å²) < 4.78 is 69.1. The van der Waals surface area contributed by atoms with E-state index in [9.17, 15) is 26.7 Å². The van der Waals surface area contributed by atoms with E-state index in [0.29, 0.717) is 0 Å². The van der Waals surface area contributed by atoms with Gasteiger partial charge in [-0.1, -0.05) is 0 Å². The zero-order valence-electron chi connectivity index (χ0n) is 9.33. The molecule has 1 aromatic carbocycles. The normalized spacial score (nSPS) is 10.4. The quantitative estimate of drug-likeness (QED) is 0.280. The second-order valence-corrected chi connectivity index (χ2v) is 3.40. The number of benzene rings is 1. The van der Waals surface area contributed by atoms with Crippen molar-refractivity contribution in [3.05, 3.63) is 53.1 Å². The van der Waals surface area contributed by atoms with Gasteiger partial charge in [0.15, 0.2) is 5.69 Å². The molecule has 1 aromatic heterocycles. The molecular weight excluding hydrogens is 287 g/mol. The minimum Gasteiger partial charge on any atom is -0.415 e. The fraction of sp³-hybridized carbons (Fsp3) is 0. The molecule has 0 fully saturated rings. The molecule has 0 atom stereocenters. The van der Waals surface area contributed by atoms with Crippen molar-refractivity contribution in [3.63, 3.8) is 0 Å². The Labute approximate surface area is 107 Å². The number of nitrogens with zero attached hydrogens (tertiary/aromatic N) is 2. The van der Waals surface area contributed by atoms with E-state index < -0.39 is 46.5 Å². The minimum atomic E-state index is -2.35. The largest absolute Gasteiger partial charge is 0.415 e. The average molecular weight is 290 g/mol. The molecule has 1 heterocycles. The molecule has 0 unspecified atom stereocenters. The zero-order valence-corrected chi connectivity index (χ0v) is 9.33. The summed E-state index contributed by atoms with van der Waals surface area (Å²) in [7, 11) is 0. The zero-order chi connectivity index (χ0) is 14.9. The molecule has 20 heavy (non-hydrogen) atoms. The predicted molar refractivity (Wildman–Crippen MR) is 53.2 cm³/mol. The van der Waals surface area contributed by atoms with Gasteiger partial charge in [-0.2, -0.15) is 13.9 Å². The predicted octanol–water partition coefficient (Wildman–Crippen LogP) is 2.39. The number of carbonyl (C=O) groups is 1. The number of aromatic nitrogens is 2. The lowest BCUT2D eigenvalue weighted by Gasteiger charge is -2.08. The van der Waals surface area contributed by atoms with Crippen molar-refractivity contribution in [3.8, 4) is 5.75 Å². The van der Waals surface area contributed by atoms with Crippen molar-refractivity contribution in [2.75, 3.05) is 0 Å². The molecule has 0 aliphatic carbocycles. The lowest BCUT2D eigenvalue weighted by Crippen LogP contribution is -2.15. The number of hydrogen-bond donors (Lipinski definition) is 0. The smallest absolute Gasteiger partial charge is 0.364 e. The highest BCUT2D eigenvalue weighted by molar-refractivity contribution is 5.88. The van der Waals surface area contributed by atoms with Crippen LogP contribution in [0.2, 0.25) is 0 Å². The van der Waals surface area contributed by atoms with Gasteiger partial charge in [-0.05, 0) is 12.1 Å². The van der Waals surface area contributed by atoms with E-state index in [2.05, 4.69) is 14.9 Å². The maximum absolute atomic E-state index is 13.2. The Kier molecular flexibility index (Phi) is 3.59. The molecule has 0 spiro atoms. The molecule has 0 aliphatic rings. The SMILES string of the molecule is O=C(Oc1c(F)c(F)c(F)c(F)c1F)c1cccnn1. The summed E-state index contributed by atoms with van der Waals surface area (Å²) in [4.78, 5) is 11.4. The molecule has 0 saturated heterocycles. The molecule has 0 bridgehead atoms. The number of hydrogen-bond acceptors (Lipinski definition) is 4. The molecule has 104 valence electrons. The molecular formula is C11H3F5N2O2. The van der Waals surface area contributed by atoms with E-state index in [1.165, 1.54) is 12.3 Å². The highest BCUT2D eigenvalue weighted by atomic mass is 19.2. The maximum Gasteiger partial charge on any atom is 0.364 e. The summed E-state index contributed by atoms with van der Waals surface area (Å²) in [5.41, 5.74) is -0.462. The van der Waals surface area contributed by atoms with Gasteiger partial charge in [0.2, 0.25) is 34.8 Å². The second kappa shape index (κ2) is 5.19. The van der Waals surface area contributed by atoms with Crippen LogP contribution in [0.4, 0.5) is 22.0 Å². The van der Waals surface area contributed by atoms with E-state index >= 15 is 0 Å². The van der Waals surface area contributed by atoms with Crippen LogP contribution >= 0.6 is 0 Å². The van der Waals surface area contributed by atoms with Crippen LogP contribution in [0.3, 0.4) is 0 Å². The summed E-state index contributed by atoms with van der Waals surface area (Å²) in [6, 6.07) is 2.35. The molecule has 0 amide bonds. The number of ether oxygens (including phenoxy) is 1. The van der Waals surface area contributed by atoms with Crippen molar-refractivity contribution < 1.29 is 31.5 Å². The number of esters is 1. The molecule has 2 rings (SSSR count). The van der Waals surface area contributed by atoms with E-state index in [-0.39, 0.29) is 0 Å². The van der Waals surface area contributed by atoms with Gasteiger partial charge in [0.05, 0.1) is 0 Å². The first-order valence-electron chi connectivity index (χ1n) is 4.94. The first kappa shape index (κ1) is 13.8. The molecule has 4 nitrogen and oxygen atoms in total. The Bertz CT molecular complexity index is 649. The number of carbonyl (C=O) groups excluding carboxylic acids is 1. The van der Waals surface area contributed by atoms with Crippen molar-refractivity contribution in [1.29, 1.82) is 0 Å². The van der Waals surface area contributed by atoms with Gasteiger partial charge in [-0.3, -0.25) is 0 Å². The molecule has 0 saturated carbocycles. The Morgan fingerprint density at radius 2 is 1.50 bits per heavy atom. The van der Waals surface area contributed by atoms with Gasteiger partial charge < -0.3 is 4.74 Å². The van der Waals surface area contributed by atoms with Crippen LogP contribution in [0.5, 0.6) is 5.75 Å². The van der Waals surface area contributed by atoms with E-state index in [1.807, 2.05) is 0 Å². The van der Waals surface area contributed by atoms with Gasteiger partial charge >= 0.3 is 5.97 Å². The number of halogens is 5. The lowest BCUT2D eigenvalue weighted by atomic mass is 10.2. The average Bonchev–Trinajstić information content (AvgIpc) is 2.48. The third kappa shape index (κ3) is 2.29. The Hall–Kier alpha value is -2.58. The Morgan fingerprint density at radius 1 is 0.950 bits per heavy atom. The van der Waals surface area contributed by atoms with Crippen LogP contribution in [-0.2, 0) is 0 Å². The third-order valence-electron chi connectivity index (χ3n) is 2.15. The van der Waals surface area contributed by atoms with E-state index in [1.54, 1.807) is 0 Å². The summed E-state index contributed by atoms with van der Waals surface area (Å²) in [5.74, 6) is -14.4. The Morgan fingerprint density at radius 3 is 2.00 bits per heavy atom. The van der Waals surface area contributed by atoms with E-state index in [4.69, 9.17) is 0 Å². The van der Waals surface area contributed by atoms with Crippen LogP contribution in [0.15, 0.2) is 18.3 Å². The summed E-state index contributed by atoms with van der Waals surface area (Å²) in [6.07, 6.45) is 1.20. The van der Waals surface area contributed by atoms with Crippen molar-refractivity contribution in [2.24, 2.45) is 0 Å². The van der Waals surface area contributed by atoms with Crippen LogP contribution in [0, 0.1) is 29.1 Å². The van der Waals surface area contributed by atoms with Crippen LogP contribution in [0.1, 0.15) is 10.5 Å². The fourth-order valence-corrected chi connectivity index (χ4v) is 1.23. The van der Waals surface area contributed by atoms with Gasteiger partial charge in [0.25, 0.3) is 0 Å². The third-order valence-corrected chi connectivity index (χ3v) is 2.15. The number of rotatable bonds is 2. The van der Waals surface area contributed by atoms with Crippen LogP contribution in [0.25, 0.3) is 0 Å². The standard InChI is InChI=1S/C11H3F5N2O2/c12-5-6(13)8(15)10(9(16)7(5)14)20-11(19)4-2-1-3-17-18-4/h1-3H. The molecule has 2 aromatic rings. The molecule has 0 radical (unpaired) electrons. The lowest BCUT2D eigenvalue weighted by molar-refractivity contribution is 0.0708. The highest BCUT2D eigenvalue weighted by Crippen LogP contribution is 2.29. The van der Waals surface area contributed by atoms with Gasteiger partial charge in [0.1, 0.15) is 0 Å². The van der Waals surface area contributed by atoms with Gasteiger partial charge in [0, 0.05) is 6.20 Å². The van der Waals surface area contributed by atoms with Crippen LogP contribution in [-0.4, -0.2) is 16.2 Å². The highest BCUT2D eigenvalue weighted by Gasteiger charge is 2.29. The molecule has 0 N–H and O–H groups in total. The van der Waals surface area contributed by atoms with Crippen molar-refractivity contribution in [2.45, 2.75) is 0 Å². The summed E-state index contributed by atoms with van der Waals surface area (Å²) in [6.45, 7) is 0. The van der Waals surface area contributed by atoms with Gasteiger partial charge in [-0.25, -0.2) is 18.0 Å². The van der Waals surface area contributed by atoms with Crippen molar-refractivity contribution >= 4 is 5.97 Å². The maximum atomic E-state index is 13.2. The van der Waals surface area contributed by atoms with Gasteiger partial charge in [-0.15, -0.1) is 5.10 Å². The molecule has 0 aliphatic heterocycles. The first-order chi connectivity index (χ1) is 9.43. The molecule has 9 heteroatoms. The van der Waals surface area contributed by atoms with Crippen LogP contribution < -0.4 is 4.74 Å². The monoisotopic (exact) mass is 290 g/mol. The fourth-order valence-electron chi connectivity index (χ4n) is 1.23. The summed E-state index contributed by atoms with van der Waals surface area (Å²) >= 11 is 0.